The lowest BCUT2D eigenvalue weighted by Crippen LogP contribution is -1.93. The lowest BCUT2D eigenvalue weighted by atomic mass is 10.1. The SMILES string of the molecule is CCCCCCCC/C=C\CCCCCC=CC(=O)O.CCCCCCCC/C=C\CCCCCCCC(=O)O. The molecule has 0 bridgehead atoms. The molecule has 4 nitrogen and oxygen atoms in total. The number of allylic oxidation sites excluding steroid dienone is 5. The molecule has 0 fully saturated rings. The van der Waals surface area contributed by atoms with E-state index in [4.69, 9.17) is 10.2 Å². The summed E-state index contributed by atoms with van der Waals surface area (Å²) in [5.41, 5.74) is 0. The minimum absolute atomic E-state index is 0.332. The van der Waals surface area contributed by atoms with Crippen LogP contribution in [0.25, 0.3) is 0 Å². The van der Waals surface area contributed by atoms with Crippen LogP contribution in [-0.2, 0) is 9.59 Å². The van der Waals surface area contributed by atoms with Crippen molar-refractivity contribution in [2.45, 2.75) is 181 Å². The number of rotatable bonds is 29. The van der Waals surface area contributed by atoms with Gasteiger partial charge in [0.1, 0.15) is 0 Å². The molecule has 0 aromatic rings. The Morgan fingerprint density at radius 1 is 0.425 bits per heavy atom. The van der Waals surface area contributed by atoms with Crippen LogP contribution in [0.5, 0.6) is 0 Å². The molecule has 0 spiro atoms. The molecule has 40 heavy (non-hydrogen) atoms. The van der Waals surface area contributed by atoms with Crippen molar-refractivity contribution >= 4 is 11.9 Å². The first-order chi connectivity index (χ1) is 19.5. The zero-order valence-corrected chi connectivity index (χ0v) is 26.6. The molecule has 234 valence electrons. The van der Waals surface area contributed by atoms with E-state index >= 15 is 0 Å². The highest BCUT2D eigenvalue weighted by Crippen LogP contribution is 2.11. The van der Waals surface area contributed by atoms with Gasteiger partial charge >= 0.3 is 11.9 Å². The molecular weight excluding hydrogens is 496 g/mol. The van der Waals surface area contributed by atoms with Gasteiger partial charge in [0.25, 0.3) is 0 Å². The van der Waals surface area contributed by atoms with Crippen molar-refractivity contribution in [3.8, 4) is 0 Å². The smallest absolute Gasteiger partial charge is 0.327 e. The van der Waals surface area contributed by atoms with Gasteiger partial charge < -0.3 is 10.2 Å². The van der Waals surface area contributed by atoms with Crippen LogP contribution in [0, 0.1) is 0 Å². The van der Waals surface area contributed by atoms with E-state index < -0.39 is 11.9 Å². The fraction of sp³-hybridized carbons (Fsp3) is 0.778. The second-order valence-electron chi connectivity index (χ2n) is 11.1. The van der Waals surface area contributed by atoms with Crippen LogP contribution in [0.4, 0.5) is 0 Å². The summed E-state index contributed by atoms with van der Waals surface area (Å²) in [7, 11) is 0. The minimum Gasteiger partial charge on any atom is -0.481 e. The molecule has 0 aromatic heterocycles. The Hall–Kier alpha value is -1.84. The third-order valence-electron chi connectivity index (χ3n) is 7.05. The van der Waals surface area contributed by atoms with Crippen molar-refractivity contribution < 1.29 is 19.8 Å². The van der Waals surface area contributed by atoms with Crippen molar-refractivity contribution in [2.75, 3.05) is 0 Å². The molecule has 0 heterocycles. The van der Waals surface area contributed by atoms with Crippen molar-refractivity contribution in [3.63, 3.8) is 0 Å². The van der Waals surface area contributed by atoms with Crippen molar-refractivity contribution in [1.29, 1.82) is 0 Å². The first-order valence-corrected chi connectivity index (χ1v) is 17.0. The molecule has 0 aliphatic carbocycles. The van der Waals surface area contributed by atoms with E-state index in [2.05, 4.69) is 38.2 Å². The normalized spacial score (nSPS) is 11.4. The quantitative estimate of drug-likeness (QED) is 0.0540. The Kier molecular flexibility index (Phi) is 37.4. The zero-order chi connectivity index (χ0) is 29.8. The van der Waals surface area contributed by atoms with Crippen LogP contribution in [0.1, 0.15) is 181 Å². The maximum atomic E-state index is 10.3. The summed E-state index contributed by atoms with van der Waals surface area (Å²) in [6.07, 6.45) is 43.8. The molecule has 0 aromatic carbocycles. The highest BCUT2D eigenvalue weighted by Gasteiger charge is 1.96. The molecule has 0 aliphatic rings. The summed E-state index contributed by atoms with van der Waals surface area (Å²) in [5.74, 6) is -1.51. The Bertz CT molecular complexity index is 606. The van der Waals surface area contributed by atoms with E-state index in [1.165, 1.54) is 141 Å². The summed E-state index contributed by atoms with van der Waals surface area (Å²) >= 11 is 0. The first-order valence-electron chi connectivity index (χ1n) is 17.0. The van der Waals surface area contributed by atoms with Gasteiger partial charge in [-0.25, -0.2) is 4.79 Å². The minimum atomic E-state index is -0.845. The van der Waals surface area contributed by atoms with Gasteiger partial charge in [-0.3, -0.25) is 4.79 Å². The van der Waals surface area contributed by atoms with E-state index in [1.807, 2.05) is 0 Å². The second kappa shape index (κ2) is 37.2. The second-order valence-corrected chi connectivity index (χ2v) is 11.1. The fourth-order valence-corrected chi connectivity index (χ4v) is 4.51. The molecule has 4 heteroatoms. The summed E-state index contributed by atoms with van der Waals surface area (Å²) < 4.78 is 0. The van der Waals surface area contributed by atoms with Crippen molar-refractivity contribution in [3.05, 3.63) is 36.5 Å². The lowest BCUT2D eigenvalue weighted by Gasteiger charge is -1.99. The number of carbonyl (C=O) groups is 2. The van der Waals surface area contributed by atoms with Gasteiger partial charge in [0.05, 0.1) is 0 Å². The van der Waals surface area contributed by atoms with E-state index in [9.17, 15) is 9.59 Å². The molecule has 0 unspecified atom stereocenters. The summed E-state index contributed by atoms with van der Waals surface area (Å²) in [6.45, 7) is 4.51. The molecule has 0 rings (SSSR count). The largest absolute Gasteiger partial charge is 0.481 e. The zero-order valence-electron chi connectivity index (χ0n) is 26.6. The van der Waals surface area contributed by atoms with E-state index in [0.29, 0.717) is 6.42 Å². The predicted octanol–water partition coefficient (Wildman–Crippen LogP) is 12.0. The fourth-order valence-electron chi connectivity index (χ4n) is 4.51. The number of carboxylic acid groups (broad SMARTS) is 2. The average molecular weight is 563 g/mol. The highest BCUT2D eigenvalue weighted by molar-refractivity contribution is 5.79. The van der Waals surface area contributed by atoms with Crippen LogP contribution in [0.2, 0.25) is 0 Å². The van der Waals surface area contributed by atoms with Gasteiger partial charge in [-0.15, -0.1) is 0 Å². The number of carboxylic acids is 2. The third kappa shape index (κ3) is 43.2. The topological polar surface area (TPSA) is 74.6 Å². The molecule has 0 atom stereocenters. The summed E-state index contributed by atoms with van der Waals surface area (Å²) in [5, 5.41) is 16.9. The molecule has 0 saturated carbocycles. The monoisotopic (exact) mass is 562 g/mol. The van der Waals surface area contributed by atoms with Gasteiger partial charge in [0.15, 0.2) is 0 Å². The molecular formula is C36H66O4. The van der Waals surface area contributed by atoms with Gasteiger partial charge in [0.2, 0.25) is 0 Å². The highest BCUT2D eigenvalue weighted by atomic mass is 16.4. The van der Waals surface area contributed by atoms with Crippen LogP contribution >= 0.6 is 0 Å². The Balaban J connectivity index is 0. The average Bonchev–Trinajstić information content (AvgIpc) is 2.93. The Labute approximate surface area is 248 Å². The van der Waals surface area contributed by atoms with Crippen LogP contribution in [0.15, 0.2) is 36.5 Å². The molecule has 0 amide bonds. The number of hydrogen-bond acceptors (Lipinski definition) is 2. The van der Waals surface area contributed by atoms with Crippen LogP contribution in [-0.4, -0.2) is 22.2 Å². The van der Waals surface area contributed by atoms with Gasteiger partial charge in [0, 0.05) is 12.5 Å². The van der Waals surface area contributed by atoms with E-state index in [1.54, 1.807) is 6.08 Å². The number of hydrogen-bond donors (Lipinski definition) is 2. The summed E-state index contributed by atoms with van der Waals surface area (Å²) in [4.78, 5) is 20.6. The molecule has 0 aliphatic heterocycles. The number of unbranched alkanes of at least 4 members (excludes halogenated alkanes) is 21. The Morgan fingerprint density at radius 2 is 0.725 bits per heavy atom. The van der Waals surface area contributed by atoms with Gasteiger partial charge in [-0.2, -0.15) is 0 Å². The van der Waals surface area contributed by atoms with Crippen molar-refractivity contribution in [2.24, 2.45) is 0 Å². The maximum absolute atomic E-state index is 10.3. The van der Waals surface area contributed by atoms with Crippen LogP contribution in [0.3, 0.4) is 0 Å². The van der Waals surface area contributed by atoms with Crippen molar-refractivity contribution in [1.82, 2.24) is 0 Å². The third-order valence-corrected chi connectivity index (χ3v) is 7.05. The lowest BCUT2D eigenvalue weighted by molar-refractivity contribution is -0.137. The van der Waals surface area contributed by atoms with Gasteiger partial charge in [-0.05, 0) is 70.6 Å². The number of aliphatic carboxylic acids is 2. The first kappa shape index (κ1) is 40.3. The predicted molar refractivity (Wildman–Crippen MR) is 174 cm³/mol. The summed E-state index contributed by atoms with van der Waals surface area (Å²) in [6, 6.07) is 0. The maximum Gasteiger partial charge on any atom is 0.327 e. The molecule has 2 N–H and O–H groups in total. The van der Waals surface area contributed by atoms with Gasteiger partial charge in [-0.1, -0.05) is 134 Å². The molecule has 0 radical (unpaired) electrons. The van der Waals surface area contributed by atoms with Crippen LogP contribution < -0.4 is 0 Å². The Morgan fingerprint density at radius 3 is 1.07 bits per heavy atom. The van der Waals surface area contributed by atoms with E-state index in [0.717, 1.165) is 25.7 Å². The molecule has 0 saturated heterocycles. The standard InChI is InChI=1S/C18H34O2.C18H32O2/c2*1-2-3-4-5-6-7-8-9-10-11-12-13-14-15-16-17-18(19)20/h9-10H,2-8,11-17H2,1H3,(H,19,20);9-10,16-17H,2-8,11-15H2,1H3,(H,19,20)/b10-9-;10-9-,17-16?. The van der Waals surface area contributed by atoms with E-state index in [-0.39, 0.29) is 0 Å².